The third-order valence-corrected chi connectivity index (χ3v) is 14.6. The van der Waals surface area contributed by atoms with Crippen LogP contribution in [-0.4, -0.2) is 38.7 Å². The predicted molar refractivity (Wildman–Crippen MR) is 309 cm³/mol. The van der Waals surface area contributed by atoms with Gasteiger partial charge in [0.2, 0.25) is 17.2 Å². The molecule has 0 aliphatic heterocycles. The van der Waals surface area contributed by atoms with E-state index in [0.717, 1.165) is 40.5 Å². The number of hydrogen-bond acceptors (Lipinski definition) is 13. The molecule has 1 N–H and O–H groups in total. The van der Waals surface area contributed by atoms with Gasteiger partial charge >= 0.3 is 17.1 Å². The van der Waals surface area contributed by atoms with Gasteiger partial charge in [-0.3, -0.25) is 44.7 Å². The lowest BCUT2D eigenvalue weighted by Gasteiger charge is -2.28. The Balaban J connectivity index is 1.57. The Labute approximate surface area is 470 Å². The van der Waals surface area contributed by atoms with E-state index in [2.05, 4.69) is 0 Å². The molecule has 0 atom stereocenters. The fourth-order valence-electron chi connectivity index (χ4n) is 9.87. The zero-order chi connectivity index (χ0) is 59.3. The van der Waals surface area contributed by atoms with Crippen LogP contribution in [0.15, 0.2) is 103 Å². The fourth-order valence-corrected chi connectivity index (χ4v) is 9.87. The number of benzene rings is 7. The van der Waals surface area contributed by atoms with E-state index in [1.165, 1.54) is 36.4 Å². The number of aldehydes is 3. The summed E-state index contributed by atoms with van der Waals surface area (Å²) < 4.78 is 20.7. The molecule has 7 aromatic rings. The van der Waals surface area contributed by atoms with Crippen LogP contribution < -0.4 is 14.2 Å². The molecule has 0 radical (unpaired) electrons. The fraction of sp³-hybridized carbons (Fsp3) is 0.308. The number of nitro groups is 3. The monoisotopic (exact) mass is 1100 g/mol. The van der Waals surface area contributed by atoms with Crippen LogP contribution in [0.25, 0.3) is 0 Å². The molecule has 0 spiro atoms. The lowest BCUT2D eigenvalue weighted by molar-refractivity contribution is -0.385. The van der Waals surface area contributed by atoms with Gasteiger partial charge in [0.15, 0.2) is 0 Å². The number of aromatic hydroxyl groups is 1. The van der Waals surface area contributed by atoms with Crippen molar-refractivity contribution in [1.29, 1.82) is 0 Å². The zero-order valence-electron chi connectivity index (χ0n) is 47.6. The highest BCUT2D eigenvalue weighted by Gasteiger charge is 2.32. The highest BCUT2D eigenvalue weighted by molar-refractivity contribution is 5.79. The smallest absolute Gasteiger partial charge is 0.312 e. The number of ether oxygens (including phenoxy) is 3. The quantitative estimate of drug-likeness (QED) is 0.0683. The molecule has 0 fully saturated rings. The average molecular weight is 1100 g/mol. The summed E-state index contributed by atoms with van der Waals surface area (Å²) in [4.78, 5) is 72.7. The Morgan fingerprint density at radius 3 is 0.778 bits per heavy atom. The summed E-state index contributed by atoms with van der Waals surface area (Å²) in [6.07, 6.45) is 1.50. The maximum atomic E-state index is 12.9. The number of nitro benzene ring substituents is 3. The first kappa shape index (κ1) is 58.1. The van der Waals surface area contributed by atoms with Crippen molar-refractivity contribution >= 4 is 35.9 Å². The van der Waals surface area contributed by atoms with Crippen molar-refractivity contribution in [3.63, 3.8) is 0 Å². The Morgan fingerprint density at radius 1 is 0.370 bits per heavy atom. The molecule has 1 aliphatic rings. The number of carbonyl (C=O) groups excluding carboxylic acids is 3. The molecule has 418 valence electrons. The largest absolute Gasteiger partial charge is 0.507 e. The minimum absolute atomic E-state index is 0.0209. The van der Waals surface area contributed by atoms with Crippen molar-refractivity contribution in [1.82, 2.24) is 0 Å². The molecule has 16 heteroatoms. The summed E-state index contributed by atoms with van der Waals surface area (Å²) in [6, 6.07) is 27.3. The minimum atomic E-state index is -0.638. The molecule has 0 aromatic heterocycles. The summed E-state index contributed by atoms with van der Waals surface area (Å²) in [7, 11) is 0. The van der Waals surface area contributed by atoms with Crippen molar-refractivity contribution in [2.75, 3.05) is 0 Å². The van der Waals surface area contributed by atoms with E-state index < -0.39 is 53.5 Å². The maximum Gasteiger partial charge on any atom is 0.312 e. The zero-order valence-corrected chi connectivity index (χ0v) is 47.6. The van der Waals surface area contributed by atoms with Gasteiger partial charge in [0.25, 0.3) is 0 Å². The second kappa shape index (κ2) is 21.9. The van der Waals surface area contributed by atoms with E-state index in [1.807, 2.05) is 132 Å². The second-order valence-corrected chi connectivity index (χ2v) is 24.8. The van der Waals surface area contributed by atoms with Crippen molar-refractivity contribution in [3.05, 3.63) is 217 Å². The van der Waals surface area contributed by atoms with Gasteiger partial charge in [-0.2, -0.15) is 0 Å². The van der Waals surface area contributed by atoms with Crippen LogP contribution in [0.3, 0.4) is 0 Å². The lowest BCUT2D eigenvalue weighted by atomic mass is 9.79. The molecule has 81 heavy (non-hydrogen) atoms. The molecule has 1 aliphatic carbocycles. The molecule has 16 nitrogen and oxygen atoms in total. The van der Waals surface area contributed by atoms with Gasteiger partial charge in [-0.15, -0.1) is 0 Å². The number of fused-ring (bicyclic) bond motifs is 8. The number of nitrogens with zero attached hydrogens (tertiary/aromatic N) is 3. The maximum absolute atomic E-state index is 12.9. The highest BCUT2D eigenvalue weighted by Crippen LogP contribution is 2.48. The van der Waals surface area contributed by atoms with Crippen LogP contribution in [0.1, 0.15) is 181 Å². The lowest BCUT2D eigenvalue weighted by Crippen LogP contribution is -2.16. The number of carbonyl (C=O) groups is 3. The van der Waals surface area contributed by atoms with E-state index in [4.69, 9.17) is 14.2 Å². The Morgan fingerprint density at radius 2 is 0.580 bits per heavy atom. The Bertz CT molecular complexity index is 3550. The Hall–Kier alpha value is -9.05. The molecule has 0 saturated heterocycles. The van der Waals surface area contributed by atoms with Crippen molar-refractivity contribution < 1.29 is 48.5 Å². The molecular formula is C65H65N3O13. The normalized spacial score (nSPS) is 12.7. The van der Waals surface area contributed by atoms with Crippen LogP contribution >= 0.6 is 0 Å². The number of phenolic OH excluding ortho intramolecular Hbond substituents is 1. The summed E-state index contributed by atoms with van der Waals surface area (Å²) in [5, 5.41) is 51.4. The molecule has 0 unspecified atom stereocenters. The number of phenols is 1. The van der Waals surface area contributed by atoms with Crippen molar-refractivity contribution in [2.45, 2.75) is 130 Å². The van der Waals surface area contributed by atoms with Crippen LogP contribution in [0, 0.1) is 30.3 Å². The Kier molecular flexibility index (Phi) is 15.7. The standard InChI is InChI=1S/C65H65N3O13/c1-62(2,3)48-26-40-22-42-28-49(63(4,5)6)30-44(59(42)79-55-16-13-37(34-69)19-52(55)66(73)74)24-46-32-51(65(10,11)12)33-47(61(46)81-57-18-15-39(36-71)21-54(57)68(77)78)25-45-31-50(64(7,8)9)29-43(23-41(27-48)58(40)72)60(45)80-56-17-14-38(35-70)20-53(56)67(75)76/h13-21,26-36,72H,22-25H2,1-12H3. The molecule has 0 heterocycles. The third-order valence-electron chi connectivity index (χ3n) is 14.6. The summed E-state index contributed by atoms with van der Waals surface area (Å²) in [5.41, 5.74) is 4.06. The molecular weight excluding hydrogens is 1030 g/mol. The summed E-state index contributed by atoms with van der Waals surface area (Å²) in [6.45, 7) is 24.5. The van der Waals surface area contributed by atoms with Gasteiger partial charge in [-0.05, 0) is 125 Å². The molecule has 7 aromatic carbocycles. The van der Waals surface area contributed by atoms with Crippen LogP contribution in [0.2, 0.25) is 0 Å². The third kappa shape index (κ3) is 12.5. The first-order valence-electron chi connectivity index (χ1n) is 26.4. The van der Waals surface area contributed by atoms with E-state index in [9.17, 15) is 49.8 Å². The molecule has 0 amide bonds. The van der Waals surface area contributed by atoms with Gasteiger partial charge in [-0.1, -0.05) is 132 Å². The first-order valence-corrected chi connectivity index (χ1v) is 26.4. The molecule has 8 bridgehead atoms. The van der Waals surface area contributed by atoms with Crippen LogP contribution in [0.5, 0.6) is 40.2 Å². The van der Waals surface area contributed by atoms with E-state index in [-0.39, 0.29) is 82.6 Å². The minimum Gasteiger partial charge on any atom is -0.507 e. The number of hydrogen-bond donors (Lipinski definition) is 1. The van der Waals surface area contributed by atoms with Gasteiger partial charge < -0.3 is 19.3 Å². The predicted octanol–water partition coefficient (Wildman–Crippen LogP) is 15.8. The number of rotatable bonds is 12. The van der Waals surface area contributed by atoms with E-state index in [0.29, 0.717) is 63.4 Å². The molecule has 0 saturated carbocycles. The topological polar surface area (TPSA) is 229 Å². The van der Waals surface area contributed by atoms with Crippen LogP contribution in [-0.2, 0) is 47.3 Å². The van der Waals surface area contributed by atoms with Gasteiger partial charge in [0.05, 0.1) is 14.8 Å². The van der Waals surface area contributed by atoms with Gasteiger partial charge in [0, 0.05) is 60.6 Å². The summed E-state index contributed by atoms with van der Waals surface area (Å²) >= 11 is 0. The van der Waals surface area contributed by atoms with E-state index >= 15 is 0 Å². The van der Waals surface area contributed by atoms with Gasteiger partial charge in [0.1, 0.15) is 41.9 Å². The SMILES string of the molecule is CC(C)(C)c1cc2c(O)c(c1)Cc1cc(C(C)(C)C)cc(c1Oc1ccc(C=O)cc1[N+](=O)[O-])Cc1cc(C(C)(C)C)cc(c1Oc1ccc(C=O)cc1[N+](=O)[O-])Cc1cc(C(C)(C)C)cc(c1Oc1ccc(C=O)cc1[N+](=O)[O-])C2. The molecule has 8 rings (SSSR count). The highest BCUT2D eigenvalue weighted by atomic mass is 16.6. The van der Waals surface area contributed by atoms with Crippen molar-refractivity contribution in [2.24, 2.45) is 0 Å². The van der Waals surface area contributed by atoms with Gasteiger partial charge in [-0.25, -0.2) is 0 Å². The first-order chi connectivity index (χ1) is 37.9. The summed E-state index contributed by atoms with van der Waals surface area (Å²) in [5.74, 6) is 0.0459. The second-order valence-electron chi connectivity index (χ2n) is 24.8. The van der Waals surface area contributed by atoms with Crippen molar-refractivity contribution in [3.8, 4) is 40.2 Å². The van der Waals surface area contributed by atoms with E-state index in [1.54, 1.807) is 0 Å². The average Bonchev–Trinajstić information content (AvgIpc) is 3.45. The van der Waals surface area contributed by atoms with Crippen LogP contribution in [0.4, 0.5) is 17.1 Å².